The normalized spacial score (nSPS) is 10.7. The second-order valence-corrected chi connectivity index (χ2v) is 6.67. The predicted molar refractivity (Wildman–Crippen MR) is 114 cm³/mol. The summed E-state index contributed by atoms with van der Waals surface area (Å²) in [6.45, 7) is 2.49. The molecule has 0 aliphatic carbocycles. The monoisotopic (exact) mass is 407 g/mol. The standard InChI is InChI=1S/C23H25N3O4/c24-22(27)21-18(8-4-9-19(21)26-23(28)20-10-5-14-30-20)11-12-25-13-15-29-16-17-6-2-1-3-7-17/h1-10,14,25H,11-13,15-16H2,(H2,24,27)(H,26,28). The molecule has 0 aliphatic rings. The summed E-state index contributed by atoms with van der Waals surface area (Å²) in [5.74, 6) is -0.868. The number of furan rings is 1. The molecule has 2 aromatic carbocycles. The highest BCUT2D eigenvalue weighted by atomic mass is 16.5. The highest BCUT2D eigenvalue weighted by molar-refractivity contribution is 6.08. The summed E-state index contributed by atoms with van der Waals surface area (Å²) < 4.78 is 10.7. The molecular formula is C23H25N3O4. The van der Waals surface area contributed by atoms with Gasteiger partial charge >= 0.3 is 0 Å². The van der Waals surface area contributed by atoms with Crippen LogP contribution in [0.2, 0.25) is 0 Å². The van der Waals surface area contributed by atoms with Crippen molar-refractivity contribution in [2.24, 2.45) is 5.73 Å². The van der Waals surface area contributed by atoms with Gasteiger partial charge in [-0.25, -0.2) is 0 Å². The van der Waals surface area contributed by atoms with Crippen molar-refractivity contribution in [2.45, 2.75) is 13.0 Å². The fourth-order valence-corrected chi connectivity index (χ4v) is 3.05. The highest BCUT2D eigenvalue weighted by Gasteiger charge is 2.17. The van der Waals surface area contributed by atoms with Crippen molar-refractivity contribution < 1.29 is 18.7 Å². The third kappa shape index (κ3) is 6.04. The van der Waals surface area contributed by atoms with Crippen molar-refractivity contribution in [1.29, 1.82) is 0 Å². The number of nitrogens with two attached hydrogens (primary N) is 1. The van der Waals surface area contributed by atoms with E-state index in [4.69, 9.17) is 14.9 Å². The lowest BCUT2D eigenvalue weighted by molar-refractivity contribution is 0.0996. The maximum atomic E-state index is 12.2. The van der Waals surface area contributed by atoms with Gasteiger partial charge in [0.15, 0.2) is 5.76 Å². The topological polar surface area (TPSA) is 107 Å². The Hall–Kier alpha value is -3.42. The summed E-state index contributed by atoms with van der Waals surface area (Å²) in [4.78, 5) is 24.3. The largest absolute Gasteiger partial charge is 0.459 e. The van der Waals surface area contributed by atoms with Gasteiger partial charge in [-0.1, -0.05) is 42.5 Å². The molecule has 0 atom stereocenters. The molecule has 4 N–H and O–H groups in total. The zero-order valence-electron chi connectivity index (χ0n) is 16.6. The molecule has 3 rings (SSSR count). The van der Waals surface area contributed by atoms with Gasteiger partial charge in [0.05, 0.1) is 30.7 Å². The van der Waals surface area contributed by atoms with Crippen LogP contribution in [0.4, 0.5) is 5.69 Å². The summed E-state index contributed by atoms with van der Waals surface area (Å²) in [5, 5.41) is 5.98. The smallest absolute Gasteiger partial charge is 0.291 e. The van der Waals surface area contributed by atoms with Crippen LogP contribution < -0.4 is 16.4 Å². The molecular weight excluding hydrogens is 382 g/mol. The van der Waals surface area contributed by atoms with Gasteiger partial charge in [-0.3, -0.25) is 9.59 Å². The number of nitrogens with one attached hydrogen (secondary N) is 2. The Kier molecular flexibility index (Phi) is 7.77. The Bertz CT molecular complexity index is 956. The number of carbonyl (C=O) groups excluding carboxylic acids is 2. The number of ether oxygens (including phenoxy) is 1. The molecule has 0 unspecified atom stereocenters. The van der Waals surface area contributed by atoms with Gasteiger partial charge < -0.3 is 25.5 Å². The van der Waals surface area contributed by atoms with E-state index in [1.807, 2.05) is 36.4 Å². The van der Waals surface area contributed by atoms with Crippen LogP contribution in [-0.4, -0.2) is 31.5 Å². The van der Waals surface area contributed by atoms with Crippen molar-refractivity contribution in [3.63, 3.8) is 0 Å². The van der Waals surface area contributed by atoms with Crippen LogP contribution in [0.15, 0.2) is 71.3 Å². The highest BCUT2D eigenvalue weighted by Crippen LogP contribution is 2.21. The Balaban J connectivity index is 1.49. The van der Waals surface area contributed by atoms with Gasteiger partial charge in [0, 0.05) is 6.54 Å². The third-order valence-electron chi connectivity index (χ3n) is 4.50. The molecule has 7 nitrogen and oxygen atoms in total. The second kappa shape index (κ2) is 10.9. The number of amides is 2. The fourth-order valence-electron chi connectivity index (χ4n) is 3.05. The molecule has 30 heavy (non-hydrogen) atoms. The lowest BCUT2D eigenvalue weighted by Crippen LogP contribution is -2.24. The number of benzene rings is 2. The molecule has 3 aromatic rings. The predicted octanol–water partition coefficient (Wildman–Crippen LogP) is 2.98. The van der Waals surface area contributed by atoms with Gasteiger partial charge in [-0.2, -0.15) is 0 Å². The molecule has 0 fully saturated rings. The first-order chi connectivity index (χ1) is 14.6. The number of hydrogen-bond donors (Lipinski definition) is 3. The van der Waals surface area contributed by atoms with Gasteiger partial charge in [0.2, 0.25) is 0 Å². The minimum absolute atomic E-state index is 0.160. The van der Waals surface area contributed by atoms with Crippen LogP contribution in [0, 0.1) is 0 Å². The van der Waals surface area contributed by atoms with E-state index in [1.54, 1.807) is 24.3 Å². The molecule has 156 valence electrons. The zero-order chi connectivity index (χ0) is 21.2. The van der Waals surface area contributed by atoms with Crippen molar-refractivity contribution >= 4 is 17.5 Å². The minimum Gasteiger partial charge on any atom is -0.459 e. The maximum Gasteiger partial charge on any atom is 0.291 e. The number of rotatable bonds is 11. The molecule has 0 aliphatic heterocycles. The van der Waals surface area contributed by atoms with Crippen LogP contribution in [0.5, 0.6) is 0 Å². The molecule has 0 saturated heterocycles. The summed E-state index contributed by atoms with van der Waals surface area (Å²) in [7, 11) is 0. The van der Waals surface area contributed by atoms with Gasteiger partial charge in [-0.05, 0) is 42.3 Å². The van der Waals surface area contributed by atoms with Crippen molar-refractivity contribution in [3.05, 3.63) is 89.4 Å². The molecule has 7 heteroatoms. The Labute approximate surface area is 175 Å². The van der Waals surface area contributed by atoms with Crippen molar-refractivity contribution in [1.82, 2.24) is 5.32 Å². The Morgan fingerprint density at radius 1 is 0.967 bits per heavy atom. The molecule has 1 heterocycles. The molecule has 0 radical (unpaired) electrons. The molecule has 0 spiro atoms. The van der Waals surface area contributed by atoms with Crippen LogP contribution in [0.25, 0.3) is 0 Å². The first-order valence-corrected chi connectivity index (χ1v) is 9.74. The fraction of sp³-hybridized carbons (Fsp3) is 0.217. The summed E-state index contributed by atoms with van der Waals surface area (Å²) >= 11 is 0. The number of hydrogen-bond acceptors (Lipinski definition) is 5. The van der Waals surface area contributed by atoms with E-state index in [9.17, 15) is 9.59 Å². The number of anilines is 1. The second-order valence-electron chi connectivity index (χ2n) is 6.67. The van der Waals surface area contributed by atoms with Gasteiger partial charge in [-0.15, -0.1) is 0 Å². The van der Waals surface area contributed by atoms with Gasteiger partial charge in [0.25, 0.3) is 11.8 Å². The molecule has 1 aromatic heterocycles. The van der Waals surface area contributed by atoms with Crippen molar-refractivity contribution in [2.75, 3.05) is 25.0 Å². The average Bonchev–Trinajstić information content (AvgIpc) is 3.29. The number of carbonyl (C=O) groups is 2. The lowest BCUT2D eigenvalue weighted by atomic mass is 10.0. The Morgan fingerprint density at radius 3 is 2.53 bits per heavy atom. The van der Waals surface area contributed by atoms with E-state index in [0.29, 0.717) is 44.0 Å². The summed E-state index contributed by atoms with van der Waals surface area (Å²) in [5.41, 5.74) is 8.15. The SMILES string of the molecule is NC(=O)c1c(CCNCCOCc2ccccc2)cccc1NC(=O)c1ccco1. The lowest BCUT2D eigenvalue weighted by Gasteiger charge is -2.13. The molecule has 0 saturated carbocycles. The zero-order valence-corrected chi connectivity index (χ0v) is 16.6. The van der Waals surface area contributed by atoms with Crippen LogP contribution in [-0.2, 0) is 17.8 Å². The summed E-state index contributed by atoms with van der Waals surface area (Å²) in [6, 6.07) is 18.4. The van der Waals surface area contributed by atoms with Gasteiger partial charge in [0.1, 0.15) is 0 Å². The summed E-state index contributed by atoms with van der Waals surface area (Å²) in [6.07, 6.45) is 2.00. The minimum atomic E-state index is -0.591. The van der Waals surface area contributed by atoms with Crippen LogP contribution in [0.1, 0.15) is 32.0 Å². The Morgan fingerprint density at radius 2 is 1.80 bits per heavy atom. The van der Waals surface area contributed by atoms with E-state index in [2.05, 4.69) is 10.6 Å². The first-order valence-electron chi connectivity index (χ1n) is 9.74. The maximum absolute atomic E-state index is 12.2. The van der Waals surface area contributed by atoms with Crippen molar-refractivity contribution in [3.8, 4) is 0 Å². The first kappa shape index (κ1) is 21.3. The van der Waals surface area contributed by atoms with E-state index in [1.165, 1.54) is 6.26 Å². The van der Waals surface area contributed by atoms with E-state index >= 15 is 0 Å². The quantitative estimate of drug-likeness (QED) is 0.424. The molecule has 2 amide bonds. The molecule has 0 bridgehead atoms. The van der Waals surface area contributed by atoms with E-state index in [-0.39, 0.29) is 5.76 Å². The average molecular weight is 407 g/mol. The van der Waals surface area contributed by atoms with Crippen LogP contribution >= 0.6 is 0 Å². The van der Waals surface area contributed by atoms with Crippen LogP contribution in [0.3, 0.4) is 0 Å². The van der Waals surface area contributed by atoms with E-state index in [0.717, 1.165) is 11.1 Å². The number of primary amides is 1. The third-order valence-corrected chi connectivity index (χ3v) is 4.50. The van der Waals surface area contributed by atoms with E-state index < -0.39 is 11.8 Å².